The van der Waals surface area contributed by atoms with Gasteiger partial charge in [-0.05, 0) is 31.0 Å². The van der Waals surface area contributed by atoms with Gasteiger partial charge in [0.1, 0.15) is 0 Å². The highest BCUT2D eigenvalue weighted by atomic mass is 19.4. The summed E-state index contributed by atoms with van der Waals surface area (Å²) in [6.07, 6.45) is -3.22. The van der Waals surface area contributed by atoms with E-state index in [1.807, 2.05) is 0 Å². The Balaban J connectivity index is 0.000000381. The molecular weight excluding hydrogens is 345 g/mol. The molecule has 1 fully saturated rings. The van der Waals surface area contributed by atoms with Crippen molar-refractivity contribution < 1.29 is 37.8 Å². The number of hydrogen-bond donors (Lipinski definition) is 3. The Morgan fingerprint density at radius 2 is 1.76 bits per heavy atom. The number of carbonyl (C=O) groups excluding carboxylic acids is 1. The van der Waals surface area contributed by atoms with Crippen molar-refractivity contribution in [1.82, 2.24) is 4.90 Å². The van der Waals surface area contributed by atoms with E-state index in [0.29, 0.717) is 18.7 Å². The summed E-state index contributed by atoms with van der Waals surface area (Å²) < 4.78 is 31.7. The second-order valence-electron chi connectivity index (χ2n) is 5.22. The Labute approximate surface area is 140 Å². The van der Waals surface area contributed by atoms with E-state index in [1.165, 1.54) is 12.1 Å². The quantitative estimate of drug-likeness (QED) is 0.751. The van der Waals surface area contributed by atoms with Gasteiger partial charge in [-0.25, -0.2) is 9.59 Å². The molecule has 0 saturated carbocycles. The van der Waals surface area contributed by atoms with Gasteiger partial charge in [0.05, 0.1) is 5.56 Å². The fourth-order valence-corrected chi connectivity index (χ4v) is 2.30. The van der Waals surface area contributed by atoms with Gasteiger partial charge in [-0.1, -0.05) is 6.07 Å². The number of nitrogens with zero attached hydrogens (tertiary/aromatic N) is 1. The first-order valence-corrected chi connectivity index (χ1v) is 7.22. The van der Waals surface area contributed by atoms with Crippen LogP contribution in [0.15, 0.2) is 24.3 Å². The topological polar surface area (TPSA) is 121 Å². The number of rotatable bonds is 3. The number of alkyl halides is 3. The zero-order valence-corrected chi connectivity index (χ0v) is 13.0. The van der Waals surface area contributed by atoms with Crippen LogP contribution < -0.4 is 5.73 Å². The van der Waals surface area contributed by atoms with Crippen molar-refractivity contribution in [2.45, 2.75) is 25.1 Å². The fourth-order valence-electron chi connectivity index (χ4n) is 2.30. The molecule has 7 nitrogen and oxygen atoms in total. The summed E-state index contributed by atoms with van der Waals surface area (Å²) >= 11 is 0. The summed E-state index contributed by atoms with van der Waals surface area (Å²) in [5.74, 6) is -3.92. The van der Waals surface area contributed by atoms with Crippen LogP contribution in [0, 0.1) is 0 Å². The second-order valence-corrected chi connectivity index (χ2v) is 5.22. The minimum Gasteiger partial charge on any atom is -0.478 e. The van der Waals surface area contributed by atoms with E-state index in [0.717, 1.165) is 12.8 Å². The lowest BCUT2D eigenvalue weighted by Gasteiger charge is -2.23. The molecule has 1 heterocycles. The average molecular weight is 362 g/mol. The van der Waals surface area contributed by atoms with E-state index in [1.54, 1.807) is 17.0 Å². The normalized spacial score (nSPS) is 16.8. The van der Waals surface area contributed by atoms with Gasteiger partial charge < -0.3 is 20.8 Å². The van der Waals surface area contributed by atoms with E-state index in [9.17, 15) is 22.8 Å². The molecule has 4 N–H and O–H groups in total. The zero-order chi connectivity index (χ0) is 19.2. The Morgan fingerprint density at radius 3 is 2.24 bits per heavy atom. The van der Waals surface area contributed by atoms with Gasteiger partial charge in [0, 0.05) is 24.7 Å². The number of nitrogens with two attached hydrogens (primary N) is 1. The van der Waals surface area contributed by atoms with Crippen LogP contribution in [0.3, 0.4) is 0 Å². The van der Waals surface area contributed by atoms with E-state index < -0.39 is 18.1 Å². The van der Waals surface area contributed by atoms with Gasteiger partial charge in [0.25, 0.3) is 5.91 Å². The van der Waals surface area contributed by atoms with Crippen molar-refractivity contribution in [3.63, 3.8) is 0 Å². The third-order valence-corrected chi connectivity index (χ3v) is 3.51. The maximum absolute atomic E-state index is 12.3. The summed E-state index contributed by atoms with van der Waals surface area (Å²) in [6, 6.07) is 6.19. The monoisotopic (exact) mass is 362 g/mol. The molecule has 0 radical (unpaired) electrons. The van der Waals surface area contributed by atoms with Gasteiger partial charge >= 0.3 is 18.1 Å². The molecule has 1 unspecified atom stereocenters. The minimum absolute atomic E-state index is 0.0750. The highest BCUT2D eigenvalue weighted by molar-refractivity contribution is 5.97. The van der Waals surface area contributed by atoms with Crippen LogP contribution >= 0.6 is 0 Å². The lowest BCUT2D eigenvalue weighted by Crippen LogP contribution is -2.39. The Bertz CT molecular complexity index is 648. The van der Waals surface area contributed by atoms with Gasteiger partial charge in [-0.3, -0.25) is 4.79 Å². The van der Waals surface area contributed by atoms with Gasteiger partial charge in [-0.15, -0.1) is 0 Å². The lowest BCUT2D eigenvalue weighted by molar-refractivity contribution is -0.192. The highest BCUT2D eigenvalue weighted by Gasteiger charge is 2.38. The molecule has 0 aromatic heterocycles. The minimum atomic E-state index is -5.08. The standard InChI is InChI=1S/C13H16N2O3.C2HF3O2/c14-8-11-5-2-6-15(11)12(16)9-3-1-4-10(7-9)13(17)18;3-2(4,5)1(6)7/h1,3-4,7,11H,2,5-6,8,14H2,(H,17,18);(H,6,7). The first-order valence-electron chi connectivity index (χ1n) is 7.22. The fraction of sp³-hybridized carbons (Fsp3) is 0.400. The van der Waals surface area contributed by atoms with Crippen molar-refractivity contribution >= 4 is 17.8 Å². The summed E-state index contributed by atoms with van der Waals surface area (Å²) in [4.78, 5) is 33.8. The number of hydrogen-bond acceptors (Lipinski definition) is 4. The molecule has 1 atom stereocenters. The molecule has 138 valence electrons. The molecule has 0 bridgehead atoms. The number of benzene rings is 1. The van der Waals surface area contributed by atoms with Crippen molar-refractivity contribution in [1.29, 1.82) is 0 Å². The number of aromatic carboxylic acids is 1. The SMILES string of the molecule is NCC1CCCN1C(=O)c1cccc(C(=O)O)c1.O=C(O)C(F)(F)F. The van der Waals surface area contributed by atoms with Gasteiger partial charge in [0.15, 0.2) is 0 Å². The number of carboxylic acid groups (broad SMARTS) is 2. The molecule has 1 amide bonds. The molecule has 25 heavy (non-hydrogen) atoms. The highest BCUT2D eigenvalue weighted by Crippen LogP contribution is 2.19. The zero-order valence-electron chi connectivity index (χ0n) is 13.0. The summed E-state index contributed by atoms with van der Waals surface area (Å²) in [7, 11) is 0. The lowest BCUT2D eigenvalue weighted by atomic mass is 10.1. The van der Waals surface area contributed by atoms with Crippen LogP contribution in [0.2, 0.25) is 0 Å². The third-order valence-electron chi connectivity index (χ3n) is 3.51. The molecule has 2 rings (SSSR count). The molecule has 1 aliphatic heterocycles. The molecule has 1 saturated heterocycles. The molecule has 1 aromatic rings. The van der Waals surface area contributed by atoms with Crippen LogP contribution in [0.1, 0.15) is 33.6 Å². The molecule has 1 aromatic carbocycles. The molecule has 1 aliphatic rings. The summed E-state index contributed by atoms with van der Waals surface area (Å²) in [5, 5.41) is 16.0. The first kappa shape index (κ1) is 20.4. The number of halogens is 3. The maximum Gasteiger partial charge on any atom is 0.490 e. The molecule has 0 spiro atoms. The van der Waals surface area contributed by atoms with Gasteiger partial charge in [0.2, 0.25) is 0 Å². The van der Waals surface area contributed by atoms with E-state index >= 15 is 0 Å². The van der Waals surface area contributed by atoms with Crippen LogP contribution in [-0.4, -0.2) is 58.3 Å². The van der Waals surface area contributed by atoms with Crippen LogP contribution in [-0.2, 0) is 4.79 Å². The van der Waals surface area contributed by atoms with E-state index in [4.69, 9.17) is 20.7 Å². The predicted octanol–water partition coefficient (Wildman–Crippen LogP) is 1.58. The molecule has 10 heteroatoms. The van der Waals surface area contributed by atoms with E-state index in [2.05, 4.69) is 0 Å². The van der Waals surface area contributed by atoms with Gasteiger partial charge in [-0.2, -0.15) is 13.2 Å². The number of carboxylic acids is 2. The Morgan fingerprint density at radius 1 is 1.20 bits per heavy atom. The predicted molar refractivity (Wildman–Crippen MR) is 80.2 cm³/mol. The summed E-state index contributed by atoms with van der Waals surface area (Å²) in [5.41, 5.74) is 6.17. The van der Waals surface area contributed by atoms with Crippen LogP contribution in [0.25, 0.3) is 0 Å². The number of likely N-dealkylation sites (tertiary alicyclic amines) is 1. The van der Waals surface area contributed by atoms with Crippen molar-refractivity contribution in [3.8, 4) is 0 Å². The number of amides is 1. The number of aliphatic carboxylic acids is 1. The average Bonchev–Trinajstić information content (AvgIpc) is 3.02. The van der Waals surface area contributed by atoms with Crippen molar-refractivity contribution in [2.75, 3.05) is 13.1 Å². The Hall–Kier alpha value is -2.62. The smallest absolute Gasteiger partial charge is 0.478 e. The largest absolute Gasteiger partial charge is 0.490 e. The third kappa shape index (κ3) is 5.75. The van der Waals surface area contributed by atoms with Crippen molar-refractivity contribution in [3.05, 3.63) is 35.4 Å². The summed E-state index contributed by atoms with van der Waals surface area (Å²) in [6.45, 7) is 1.14. The van der Waals surface area contributed by atoms with Crippen LogP contribution in [0.5, 0.6) is 0 Å². The van der Waals surface area contributed by atoms with E-state index in [-0.39, 0.29) is 17.5 Å². The van der Waals surface area contributed by atoms with Crippen molar-refractivity contribution in [2.24, 2.45) is 5.73 Å². The Kier molecular flexibility index (Phi) is 6.92. The molecule has 0 aliphatic carbocycles. The number of carbonyl (C=O) groups is 3. The second kappa shape index (κ2) is 8.47. The maximum atomic E-state index is 12.3. The molecular formula is C15H17F3N2O5. The first-order chi connectivity index (χ1) is 11.6. The van der Waals surface area contributed by atoms with Crippen LogP contribution in [0.4, 0.5) is 13.2 Å².